The van der Waals surface area contributed by atoms with Crippen LogP contribution in [0.4, 0.5) is 5.69 Å². The van der Waals surface area contributed by atoms with Crippen LogP contribution in [0.15, 0.2) is 24.3 Å². The lowest BCUT2D eigenvalue weighted by Gasteiger charge is -2.10. The second-order valence-corrected chi connectivity index (χ2v) is 4.48. The van der Waals surface area contributed by atoms with E-state index in [-0.39, 0.29) is 5.91 Å². The second kappa shape index (κ2) is 7.58. The summed E-state index contributed by atoms with van der Waals surface area (Å²) in [4.78, 5) is 11.5. The van der Waals surface area contributed by atoms with E-state index in [2.05, 4.69) is 19.2 Å². The largest absolute Gasteiger partial charge is 0.492 e. The van der Waals surface area contributed by atoms with E-state index in [1.54, 1.807) is 12.1 Å². The third kappa shape index (κ3) is 5.57. The van der Waals surface area contributed by atoms with Gasteiger partial charge in [-0.05, 0) is 30.2 Å². The number of nitrogens with two attached hydrogens (primary N) is 1. The highest BCUT2D eigenvalue weighted by molar-refractivity contribution is 5.76. The Morgan fingerprint density at radius 3 is 2.67 bits per heavy atom. The van der Waals surface area contributed by atoms with Crippen LogP contribution in [0.3, 0.4) is 0 Å². The molecule has 0 heterocycles. The average molecular weight is 250 g/mol. The monoisotopic (exact) mass is 250 g/mol. The van der Waals surface area contributed by atoms with Crippen LogP contribution < -0.4 is 15.8 Å². The van der Waals surface area contributed by atoms with Gasteiger partial charge in [-0.15, -0.1) is 0 Å². The number of amides is 1. The van der Waals surface area contributed by atoms with E-state index in [9.17, 15) is 4.79 Å². The molecule has 0 aliphatic heterocycles. The lowest BCUT2D eigenvalue weighted by atomic mass is 10.1. The first-order valence-corrected chi connectivity index (χ1v) is 6.37. The SMILES string of the molecule is CCC(C)CC(=O)NCCOc1ccc(N)cc1. The van der Waals surface area contributed by atoms with Crippen LogP contribution in [0.1, 0.15) is 26.7 Å². The van der Waals surface area contributed by atoms with Crippen molar-refractivity contribution in [2.24, 2.45) is 5.92 Å². The van der Waals surface area contributed by atoms with Gasteiger partial charge >= 0.3 is 0 Å². The van der Waals surface area contributed by atoms with Gasteiger partial charge in [0.2, 0.25) is 5.91 Å². The minimum Gasteiger partial charge on any atom is -0.492 e. The van der Waals surface area contributed by atoms with E-state index in [0.29, 0.717) is 31.2 Å². The molecule has 1 aromatic carbocycles. The molecule has 0 spiro atoms. The molecule has 18 heavy (non-hydrogen) atoms. The quantitative estimate of drug-likeness (QED) is 0.576. The van der Waals surface area contributed by atoms with Crippen molar-refractivity contribution in [3.8, 4) is 5.75 Å². The highest BCUT2D eigenvalue weighted by atomic mass is 16.5. The highest BCUT2D eigenvalue weighted by Crippen LogP contribution is 2.12. The van der Waals surface area contributed by atoms with Crippen molar-refractivity contribution in [2.75, 3.05) is 18.9 Å². The zero-order valence-corrected chi connectivity index (χ0v) is 11.1. The standard InChI is InChI=1S/C14H22N2O2/c1-3-11(2)10-14(17)16-8-9-18-13-6-4-12(15)5-7-13/h4-7,11H,3,8-10,15H2,1-2H3,(H,16,17). The number of ether oxygens (including phenoxy) is 1. The highest BCUT2D eigenvalue weighted by Gasteiger charge is 2.06. The van der Waals surface area contributed by atoms with Gasteiger partial charge in [0, 0.05) is 12.1 Å². The van der Waals surface area contributed by atoms with Gasteiger partial charge in [0.1, 0.15) is 12.4 Å². The Morgan fingerprint density at radius 1 is 1.39 bits per heavy atom. The first-order chi connectivity index (χ1) is 8.61. The van der Waals surface area contributed by atoms with Gasteiger partial charge in [-0.2, -0.15) is 0 Å². The van der Waals surface area contributed by atoms with E-state index >= 15 is 0 Å². The molecule has 1 atom stereocenters. The number of carbonyl (C=O) groups is 1. The number of benzene rings is 1. The molecule has 0 aromatic heterocycles. The molecule has 4 heteroatoms. The molecule has 0 aliphatic carbocycles. The molecule has 1 amide bonds. The molecular weight excluding hydrogens is 228 g/mol. The molecular formula is C14H22N2O2. The van der Waals surface area contributed by atoms with E-state index in [1.807, 2.05) is 12.1 Å². The fourth-order valence-electron chi connectivity index (χ4n) is 1.46. The minimum absolute atomic E-state index is 0.0882. The normalized spacial score (nSPS) is 11.9. The van der Waals surface area contributed by atoms with Crippen molar-refractivity contribution in [3.05, 3.63) is 24.3 Å². The van der Waals surface area contributed by atoms with Gasteiger partial charge < -0.3 is 15.8 Å². The molecule has 0 aliphatic rings. The van der Waals surface area contributed by atoms with Crippen LogP contribution in [-0.4, -0.2) is 19.1 Å². The molecule has 0 saturated heterocycles. The molecule has 1 unspecified atom stereocenters. The summed E-state index contributed by atoms with van der Waals surface area (Å²) in [7, 11) is 0. The lowest BCUT2D eigenvalue weighted by Crippen LogP contribution is -2.29. The van der Waals surface area contributed by atoms with Gasteiger partial charge in [0.05, 0.1) is 6.54 Å². The molecule has 4 nitrogen and oxygen atoms in total. The third-order valence-electron chi connectivity index (χ3n) is 2.80. The Bertz CT molecular complexity index is 363. The number of hydrogen-bond acceptors (Lipinski definition) is 3. The van der Waals surface area contributed by atoms with E-state index in [0.717, 1.165) is 12.2 Å². The Labute approximate surface area is 109 Å². The van der Waals surface area contributed by atoms with E-state index in [1.165, 1.54) is 0 Å². The number of nitrogen functional groups attached to an aromatic ring is 1. The van der Waals surface area contributed by atoms with Crippen LogP contribution in [0, 0.1) is 5.92 Å². The van der Waals surface area contributed by atoms with Crippen LogP contribution in [0.5, 0.6) is 5.75 Å². The van der Waals surface area contributed by atoms with Crippen LogP contribution in [-0.2, 0) is 4.79 Å². The maximum Gasteiger partial charge on any atom is 0.220 e. The van der Waals surface area contributed by atoms with Crippen molar-refractivity contribution in [2.45, 2.75) is 26.7 Å². The van der Waals surface area contributed by atoms with Gasteiger partial charge in [-0.25, -0.2) is 0 Å². The smallest absolute Gasteiger partial charge is 0.220 e. The zero-order valence-electron chi connectivity index (χ0n) is 11.1. The van der Waals surface area contributed by atoms with Crippen molar-refractivity contribution >= 4 is 11.6 Å². The summed E-state index contributed by atoms with van der Waals surface area (Å²) < 4.78 is 5.47. The molecule has 1 aromatic rings. The van der Waals surface area contributed by atoms with Gasteiger partial charge in [-0.3, -0.25) is 4.79 Å². The summed E-state index contributed by atoms with van der Waals surface area (Å²) in [6.07, 6.45) is 1.60. The van der Waals surface area contributed by atoms with Crippen LogP contribution in [0.25, 0.3) is 0 Å². The Kier molecular flexibility index (Phi) is 6.05. The van der Waals surface area contributed by atoms with Gasteiger partial charge in [-0.1, -0.05) is 20.3 Å². The molecule has 0 fully saturated rings. The summed E-state index contributed by atoms with van der Waals surface area (Å²) in [5.41, 5.74) is 6.28. The summed E-state index contributed by atoms with van der Waals surface area (Å²) >= 11 is 0. The second-order valence-electron chi connectivity index (χ2n) is 4.48. The third-order valence-corrected chi connectivity index (χ3v) is 2.80. The summed E-state index contributed by atoms with van der Waals surface area (Å²) in [5.74, 6) is 1.29. The lowest BCUT2D eigenvalue weighted by molar-refractivity contribution is -0.122. The fourth-order valence-corrected chi connectivity index (χ4v) is 1.46. The Morgan fingerprint density at radius 2 is 2.06 bits per heavy atom. The summed E-state index contributed by atoms with van der Waals surface area (Å²) in [5, 5.41) is 2.84. The number of nitrogens with one attached hydrogen (secondary N) is 1. The van der Waals surface area contributed by atoms with Crippen molar-refractivity contribution in [1.29, 1.82) is 0 Å². The van der Waals surface area contributed by atoms with Crippen LogP contribution in [0.2, 0.25) is 0 Å². The number of rotatable bonds is 7. The molecule has 100 valence electrons. The van der Waals surface area contributed by atoms with Crippen molar-refractivity contribution < 1.29 is 9.53 Å². The maximum atomic E-state index is 11.5. The maximum absolute atomic E-state index is 11.5. The van der Waals surface area contributed by atoms with Crippen molar-refractivity contribution in [1.82, 2.24) is 5.32 Å². The molecule has 1 rings (SSSR count). The number of carbonyl (C=O) groups excluding carboxylic acids is 1. The minimum atomic E-state index is 0.0882. The van der Waals surface area contributed by atoms with Crippen molar-refractivity contribution in [3.63, 3.8) is 0 Å². The van der Waals surface area contributed by atoms with E-state index < -0.39 is 0 Å². The predicted molar refractivity (Wildman–Crippen MR) is 73.4 cm³/mol. The zero-order chi connectivity index (χ0) is 13.4. The fraction of sp³-hybridized carbons (Fsp3) is 0.500. The summed E-state index contributed by atoms with van der Waals surface area (Å²) in [6.45, 7) is 5.16. The molecule has 0 radical (unpaired) electrons. The number of anilines is 1. The van der Waals surface area contributed by atoms with E-state index in [4.69, 9.17) is 10.5 Å². The van der Waals surface area contributed by atoms with Crippen LogP contribution >= 0.6 is 0 Å². The predicted octanol–water partition coefficient (Wildman–Crippen LogP) is 2.20. The van der Waals surface area contributed by atoms with Gasteiger partial charge in [0.15, 0.2) is 0 Å². The Balaban J connectivity index is 2.15. The average Bonchev–Trinajstić information content (AvgIpc) is 2.36. The summed E-state index contributed by atoms with van der Waals surface area (Å²) in [6, 6.07) is 7.21. The molecule has 0 bridgehead atoms. The first-order valence-electron chi connectivity index (χ1n) is 6.37. The molecule has 0 saturated carbocycles. The Hall–Kier alpha value is -1.71. The molecule has 3 N–H and O–H groups in total. The number of hydrogen-bond donors (Lipinski definition) is 2. The van der Waals surface area contributed by atoms with Gasteiger partial charge in [0.25, 0.3) is 0 Å². The topological polar surface area (TPSA) is 64.3 Å². The first kappa shape index (κ1) is 14.4.